The van der Waals surface area contributed by atoms with Gasteiger partial charge in [0.2, 0.25) is 0 Å². The zero-order chi connectivity index (χ0) is 28.9. The van der Waals surface area contributed by atoms with E-state index in [0.717, 1.165) is 24.3 Å². The lowest BCUT2D eigenvalue weighted by atomic mass is 9.91. The summed E-state index contributed by atoms with van der Waals surface area (Å²) < 4.78 is 43.9. The number of carbonyl (C=O) groups is 3. The molecule has 0 spiro atoms. The molecule has 2 N–H and O–H groups in total. The zero-order valence-electron chi connectivity index (χ0n) is 21.9. The number of esters is 1. The quantitative estimate of drug-likeness (QED) is 0.317. The van der Waals surface area contributed by atoms with Crippen LogP contribution < -0.4 is 10.6 Å². The molecule has 0 aromatic heterocycles. The largest absolute Gasteiger partial charge is 0.463 e. The summed E-state index contributed by atoms with van der Waals surface area (Å²) in [4.78, 5) is 40.7. The number of urea groups is 1. The van der Waals surface area contributed by atoms with E-state index < -0.39 is 29.7 Å². The van der Waals surface area contributed by atoms with Crippen LogP contribution in [0.3, 0.4) is 0 Å². The second kappa shape index (κ2) is 12.1. The Kier molecular flexibility index (Phi) is 8.57. The third kappa shape index (κ3) is 6.17. The van der Waals surface area contributed by atoms with Gasteiger partial charge in [-0.15, -0.1) is 0 Å². The van der Waals surface area contributed by atoms with E-state index in [9.17, 15) is 27.6 Å². The maximum absolute atomic E-state index is 13.3. The highest BCUT2D eigenvalue weighted by Crippen LogP contribution is 2.37. The Morgan fingerprint density at radius 2 is 1.60 bits per heavy atom. The fourth-order valence-corrected chi connectivity index (χ4v) is 4.45. The Hall–Kier alpha value is -4.60. The number of nitrogens with one attached hydrogen (secondary N) is 2. The van der Waals surface area contributed by atoms with Crippen molar-refractivity contribution in [2.45, 2.75) is 32.5 Å². The molecule has 3 amide bonds. The SMILES string of the molecule is CCCN1C(=O)NC(c2ccc(NC(=O)c3ccc(C(F)(F)F)cc3)cc2)C(C(=O)OCC)=C1c1ccccc1. The number of nitrogens with zero attached hydrogens (tertiary/aromatic N) is 1. The van der Waals surface area contributed by atoms with Crippen LogP contribution in [-0.4, -0.2) is 36.0 Å². The maximum atomic E-state index is 13.3. The zero-order valence-corrected chi connectivity index (χ0v) is 21.9. The molecule has 3 aromatic carbocycles. The minimum atomic E-state index is -4.50. The number of hydrogen-bond donors (Lipinski definition) is 2. The standard InChI is InChI=1S/C30H28F3N3O4/c1-3-18-36-26(20-8-6-5-7-9-20)24(28(38)40-4-2)25(35-29(36)39)19-12-16-23(17-13-19)34-27(37)21-10-14-22(15-11-21)30(31,32)33/h5-17,25H,3-4,18H2,1-2H3,(H,34,37)(H,35,39). The third-order valence-electron chi connectivity index (χ3n) is 6.29. The summed E-state index contributed by atoms with van der Waals surface area (Å²) in [6, 6.07) is 18.4. The predicted molar refractivity (Wildman–Crippen MR) is 144 cm³/mol. The fourth-order valence-electron chi connectivity index (χ4n) is 4.45. The van der Waals surface area contributed by atoms with E-state index in [4.69, 9.17) is 4.74 Å². The Morgan fingerprint density at radius 1 is 0.950 bits per heavy atom. The molecule has 0 saturated heterocycles. The van der Waals surface area contributed by atoms with Crippen molar-refractivity contribution in [2.24, 2.45) is 0 Å². The number of amides is 3. The Morgan fingerprint density at radius 3 is 2.17 bits per heavy atom. The van der Waals surface area contributed by atoms with Gasteiger partial charge in [0, 0.05) is 17.8 Å². The number of anilines is 1. The average Bonchev–Trinajstić information content (AvgIpc) is 2.94. The number of halogens is 3. The highest BCUT2D eigenvalue weighted by Gasteiger charge is 2.38. The number of carbonyl (C=O) groups excluding carboxylic acids is 3. The average molecular weight is 552 g/mol. The minimum absolute atomic E-state index is 0.0627. The Bertz CT molecular complexity index is 1400. The van der Waals surface area contributed by atoms with Crippen LogP contribution in [0.25, 0.3) is 5.70 Å². The highest BCUT2D eigenvalue weighted by atomic mass is 19.4. The van der Waals surface area contributed by atoms with Gasteiger partial charge < -0.3 is 15.4 Å². The Labute approximate surface area is 229 Å². The van der Waals surface area contributed by atoms with Crippen LogP contribution >= 0.6 is 0 Å². The first-order valence-electron chi connectivity index (χ1n) is 12.8. The highest BCUT2D eigenvalue weighted by molar-refractivity contribution is 6.05. The monoisotopic (exact) mass is 551 g/mol. The van der Waals surface area contributed by atoms with Crippen molar-refractivity contribution in [3.05, 3.63) is 107 Å². The molecule has 1 aliphatic rings. The lowest BCUT2D eigenvalue weighted by Crippen LogP contribution is -2.48. The van der Waals surface area contributed by atoms with Gasteiger partial charge in [0.1, 0.15) is 0 Å². The fraction of sp³-hybridized carbons (Fsp3) is 0.233. The maximum Gasteiger partial charge on any atom is 0.416 e. The van der Waals surface area contributed by atoms with Crippen LogP contribution in [0.15, 0.2) is 84.4 Å². The van der Waals surface area contributed by atoms with Crippen molar-refractivity contribution in [2.75, 3.05) is 18.5 Å². The molecular formula is C30H28F3N3O4. The number of alkyl halides is 3. The molecular weight excluding hydrogens is 523 g/mol. The van der Waals surface area contributed by atoms with Crippen molar-refractivity contribution >= 4 is 29.3 Å². The molecule has 40 heavy (non-hydrogen) atoms. The topological polar surface area (TPSA) is 87.7 Å². The summed E-state index contributed by atoms with van der Waals surface area (Å²) >= 11 is 0. The van der Waals surface area contributed by atoms with Crippen LogP contribution in [0.2, 0.25) is 0 Å². The van der Waals surface area contributed by atoms with Gasteiger partial charge in [0.25, 0.3) is 5.91 Å². The molecule has 0 bridgehead atoms. The number of ether oxygens (including phenoxy) is 1. The summed E-state index contributed by atoms with van der Waals surface area (Å²) in [5.74, 6) is -1.15. The first kappa shape index (κ1) is 28.4. The van der Waals surface area contributed by atoms with E-state index in [1.165, 1.54) is 4.90 Å². The van der Waals surface area contributed by atoms with Crippen molar-refractivity contribution in [1.82, 2.24) is 10.2 Å². The van der Waals surface area contributed by atoms with Gasteiger partial charge in [-0.2, -0.15) is 13.2 Å². The molecule has 0 fully saturated rings. The molecule has 1 aliphatic heterocycles. The van der Waals surface area contributed by atoms with Crippen LogP contribution in [0.4, 0.5) is 23.7 Å². The number of benzene rings is 3. The van der Waals surface area contributed by atoms with E-state index >= 15 is 0 Å². The lowest BCUT2D eigenvalue weighted by Gasteiger charge is -2.36. The number of hydrogen-bond acceptors (Lipinski definition) is 4. The second-order valence-electron chi connectivity index (χ2n) is 9.03. The van der Waals surface area contributed by atoms with Crippen LogP contribution in [0.1, 0.15) is 53.4 Å². The first-order valence-corrected chi connectivity index (χ1v) is 12.8. The lowest BCUT2D eigenvalue weighted by molar-refractivity contribution is -0.139. The molecule has 0 aliphatic carbocycles. The van der Waals surface area contributed by atoms with Crippen LogP contribution in [0.5, 0.6) is 0 Å². The van der Waals surface area contributed by atoms with Crippen molar-refractivity contribution in [3.63, 3.8) is 0 Å². The molecule has 7 nitrogen and oxygen atoms in total. The van der Waals surface area contributed by atoms with E-state index in [1.807, 2.05) is 37.3 Å². The smallest absolute Gasteiger partial charge is 0.416 e. The second-order valence-corrected chi connectivity index (χ2v) is 9.03. The molecule has 208 valence electrons. The summed E-state index contributed by atoms with van der Waals surface area (Å²) in [6.07, 6.45) is -3.83. The van der Waals surface area contributed by atoms with Gasteiger partial charge in [-0.3, -0.25) is 9.69 Å². The van der Waals surface area contributed by atoms with Crippen LogP contribution in [-0.2, 0) is 15.7 Å². The van der Waals surface area contributed by atoms with Gasteiger partial charge in [0.15, 0.2) is 0 Å². The molecule has 1 heterocycles. The van der Waals surface area contributed by atoms with Gasteiger partial charge in [0.05, 0.1) is 29.5 Å². The first-order chi connectivity index (χ1) is 19.1. The molecule has 10 heteroatoms. The number of rotatable bonds is 8. The van der Waals surface area contributed by atoms with Gasteiger partial charge in [-0.1, -0.05) is 49.4 Å². The van der Waals surface area contributed by atoms with Gasteiger partial charge >= 0.3 is 18.2 Å². The van der Waals surface area contributed by atoms with Crippen molar-refractivity contribution in [3.8, 4) is 0 Å². The van der Waals surface area contributed by atoms with E-state index in [1.54, 1.807) is 31.2 Å². The molecule has 0 saturated carbocycles. The molecule has 1 unspecified atom stereocenters. The summed E-state index contributed by atoms with van der Waals surface area (Å²) in [7, 11) is 0. The molecule has 1 atom stereocenters. The van der Waals surface area contributed by atoms with E-state index in [0.29, 0.717) is 35.5 Å². The normalized spacial score (nSPS) is 15.5. The van der Waals surface area contributed by atoms with Gasteiger partial charge in [-0.05, 0) is 60.9 Å². The Balaban J connectivity index is 1.66. The van der Waals surface area contributed by atoms with E-state index in [2.05, 4.69) is 10.6 Å². The predicted octanol–water partition coefficient (Wildman–Crippen LogP) is 6.41. The summed E-state index contributed by atoms with van der Waals surface area (Å²) in [5.41, 5.74) is 1.62. The van der Waals surface area contributed by atoms with Crippen LogP contribution in [0, 0.1) is 0 Å². The van der Waals surface area contributed by atoms with Crippen molar-refractivity contribution in [1.29, 1.82) is 0 Å². The van der Waals surface area contributed by atoms with E-state index in [-0.39, 0.29) is 23.8 Å². The van der Waals surface area contributed by atoms with Gasteiger partial charge in [-0.25, -0.2) is 9.59 Å². The third-order valence-corrected chi connectivity index (χ3v) is 6.29. The molecule has 4 rings (SSSR count). The summed E-state index contributed by atoms with van der Waals surface area (Å²) in [6.45, 7) is 4.17. The van der Waals surface area contributed by atoms with Crippen molar-refractivity contribution < 1.29 is 32.3 Å². The minimum Gasteiger partial charge on any atom is -0.463 e. The molecule has 3 aromatic rings. The molecule has 0 radical (unpaired) electrons. The summed E-state index contributed by atoms with van der Waals surface area (Å²) in [5, 5.41) is 5.56.